The van der Waals surface area contributed by atoms with Gasteiger partial charge >= 0.3 is 11.9 Å². The molecule has 0 spiro atoms. The van der Waals surface area contributed by atoms with Crippen LogP contribution in [-0.2, 0) is 19.1 Å². The maximum absolute atomic E-state index is 14.0. The first-order valence-electron chi connectivity index (χ1n) is 20.5. The maximum Gasteiger partial charge on any atom is 0.309 e. The fourth-order valence-corrected chi connectivity index (χ4v) is 13.1. The standard InChI is InChI=1S/C45H65NO7/c1-28(2)37-32(48)26-45(22-23-46(24-25-47)39(50)29-12-10-9-11-13-29)21-16-31-30(38(37)45)14-15-34-43(31,7)19-17-33-42(5,6)35(18-20-44(33,34)8)53-36(49)27-41(3,4)40(51)52/h9-13,28,30-31,33-35,47H,14-27H2,1-8H3,(H,51,52). The van der Waals surface area contributed by atoms with Crippen molar-refractivity contribution >= 4 is 23.6 Å². The number of Topliss-reactive ketones (excluding diaryl/α,β-unsaturated/α-hetero) is 1. The van der Waals surface area contributed by atoms with Gasteiger partial charge in [-0.15, -0.1) is 0 Å². The molecule has 8 atom stereocenters. The fourth-order valence-electron chi connectivity index (χ4n) is 13.1. The summed E-state index contributed by atoms with van der Waals surface area (Å²) in [5.74, 6) is 0.698. The second-order valence-corrected chi connectivity index (χ2v) is 19.7. The van der Waals surface area contributed by atoms with Crippen LogP contribution in [0.2, 0.25) is 0 Å². The Bertz CT molecular complexity index is 1630. The van der Waals surface area contributed by atoms with E-state index in [4.69, 9.17) is 4.74 Å². The number of nitrogens with zero attached hydrogens (tertiary/aromatic N) is 1. The zero-order valence-corrected chi connectivity index (χ0v) is 33.6. The van der Waals surface area contributed by atoms with Gasteiger partial charge in [0.1, 0.15) is 6.10 Å². The van der Waals surface area contributed by atoms with Crippen molar-refractivity contribution in [2.45, 2.75) is 132 Å². The number of fused-ring (bicyclic) bond motifs is 7. The van der Waals surface area contributed by atoms with Crippen molar-refractivity contribution in [3.63, 3.8) is 0 Å². The monoisotopic (exact) mass is 731 g/mol. The van der Waals surface area contributed by atoms with Gasteiger partial charge in [0.15, 0.2) is 5.78 Å². The Morgan fingerprint density at radius 2 is 1.58 bits per heavy atom. The minimum Gasteiger partial charge on any atom is -0.481 e. The van der Waals surface area contributed by atoms with E-state index in [1.165, 1.54) is 5.57 Å². The predicted molar refractivity (Wildman–Crippen MR) is 205 cm³/mol. The van der Waals surface area contributed by atoms with Gasteiger partial charge in [0.2, 0.25) is 0 Å². The van der Waals surface area contributed by atoms with Crippen molar-refractivity contribution in [3.8, 4) is 0 Å². The Labute approximate surface area is 317 Å². The fraction of sp³-hybridized carbons (Fsp3) is 0.733. The SMILES string of the molecule is CC(C)C1=C2C3CCC4C(C)(CCC5C(C)(C)C(OC(=O)CC(C)(C)C(=O)O)CCC54C)C3CCC2(CCN(CCO)C(=O)c2ccccc2)CC1=O. The number of aliphatic hydroxyl groups is 1. The van der Waals surface area contributed by atoms with Crippen LogP contribution in [0.4, 0.5) is 0 Å². The second kappa shape index (κ2) is 14.3. The van der Waals surface area contributed by atoms with E-state index in [-0.39, 0.29) is 59.2 Å². The molecule has 0 heterocycles. The molecule has 6 rings (SSSR count). The first kappa shape index (κ1) is 39.7. The van der Waals surface area contributed by atoms with Gasteiger partial charge in [0.25, 0.3) is 5.91 Å². The van der Waals surface area contributed by atoms with Crippen molar-refractivity contribution in [2.75, 3.05) is 19.7 Å². The summed E-state index contributed by atoms with van der Waals surface area (Å²) in [7, 11) is 0. The van der Waals surface area contributed by atoms with Crippen LogP contribution in [-0.4, -0.2) is 64.5 Å². The number of hydrogen-bond donors (Lipinski definition) is 2. The van der Waals surface area contributed by atoms with Crippen molar-refractivity contribution in [2.24, 2.45) is 56.7 Å². The molecule has 4 fully saturated rings. The number of esters is 1. The summed E-state index contributed by atoms with van der Waals surface area (Å²) in [5.41, 5.74) is 1.65. The normalized spacial score (nSPS) is 34.8. The molecule has 292 valence electrons. The maximum atomic E-state index is 14.0. The van der Waals surface area contributed by atoms with Crippen LogP contribution < -0.4 is 0 Å². The summed E-state index contributed by atoms with van der Waals surface area (Å²) >= 11 is 0. The number of ketones is 1. The number of aliphatic carboxylic acids is 1. The van der Waals surface area contributed by atoms with Crippen LogP contribution in [0.3, 0.4) is 0 Å². The highest BCUT2D eigenvalue weighted by molar-refractivity contribution is 6.00. The lowest BCUT2D eigenvalue weighted by Crippen LogP contribution is -2.63. The highest BCUT2D eigenvalue weighted by Gasteiger charge is 2.66. The van der Waals surface area contributed by atoms with Gasteiger partial charge < -0.3 is 19.8 Å². The smallest absolute Gasteiger partial charge is 0.309 e. The number of carbonyl (C=O) groups excluding carboxylic acids is 3. The molecule has 8 heteroatoms. The van der Waals surface area contributed by atoms with E-state index in [1.807, 2.05) is 30.3 Å². The molecular formula is C45H65NO7. The number of carboxylic acid groups (broad SMARTS) is 1. The van der Waals surface area contributed by atoms with E-state index in [2.05, 4.69) is 41.5 Å². The molecule has 5 aliphatic carbocycles. The highest BCUT2D eigenvalue weighted by Crippen LogP contribution is 2.73. The number of benzene rings is 1. The molecule has 1 aromatic carbocycles. The molecule has 0 aromatic heterocycles. The van der Waals surface area contributed by atoms with Crippen LogP contribution in [0.15, 0.2) is 41.5 Å². The molecule has 8 unspecified atom stereocenters. The zero-order valence-electron chi connectivity index (χ0n) is 33.6. The minimum absolute atomic E-state index is 0.0711. The third-order valence-electron chi connectivity index (χ3n) is 15.7. The van der Waals surface area contributed by atoms with E-state index in [0.29, 0.717) is 48.0 Å². The summed E-state index contributed by atoms with van der Waals surface area (Å²) in [5, 5.41) is 19.6. The number of rotatable bonds is 11. The quantitative estimate of drug-likeness (QED) is 0.219. The second-order valence-electron chi connectivity index (χ2n) is 19.7. The molecule has 0 radical (unpaired) electrons. The number of carboxylic acids is 1. The number of hydrogen-bond acceptors (Lipinski definition) is 6. The summed E-state index contributed by atoms with van der Waals surface area (Å²) in [6, 6.07) is 9.29. The molecule has 1 amide bonds. The third kappa shape index (κ3) is 6.71. The first-order chi connectivity index (χ1) is 24.8. The van der Waals surface area contributed by atoms with Crippen molar-refractivity contribution in [1.82, 2.24) is 4.90 Å². The van der Waals surface area contributed by atoms with Gasteiger partial charge in [-0.25, -0.2) is 0 Å². The average Bonchev–Trinajstić information content (AvgIpc) is 3.40. The van der Waals surface area contributed by atoms with Crippen LogP contribution in [0, 0.1) is 56.7 Å². The Kier molecular flexibility index (Phi) is 10.7. The lowest BCUT2D eigenvalue weighted by atomic mass is 9.36. The summed E-state index contributed by atoms with van der Waals surface area (Å²) < 4.78 is 6.15. The summed E-state index contributed by atoms with van der Waals surface area (Å²) in [4.78, 5) is 54.2. The molecule has 1 aromatic rings. The Hall–Kier alpha value is -3.00. The lowest BCUT2D eigenvalue weighted by Gasteiger charge is -2.69. The van der Waals surface area contributed by atoms with Crippen LogP contribution >= 0.6 is 0 Å². The lowest BCUT2D eigenvalue weighted by molar-refractivity contribution is -0.213. The number of aliphatic hydroxyl groups excluding tert-OH is 1. The van der Waals surface area contributed by atoms with Crippen LogP contribution in [0.1, 0.15) is 136 Å². The van der Waals surface area contributed by atoms with Crippen molar-refractivity contribution in [3.05, 3.63) is 47.0 Å². The molecule has 8 nitrogen and oxygen atoms in total. The number of allylic oxidation sites excluding steroid dienone is 2. The summed E-state index contributed by atoms with van der Waals surface area (Å²) in [6.07, 6.45) is 9.05. The Balaban J connectivity index is 1.24. The largest absolute Gasteiger partial charge is 0.481 e. The van der Waals surface area contributed by atoms with Gasteiger partial charge in [-0.2, -0.15) is 0 Å². The molecule has 2 N–H and O–H groups in total. The van der Waals surface area contributed by atoms with Gasteiger partial charge in [-0.05, 0) is 130 Å². The van der Waals surface area contributed by atoms with Crippen molar-refractivity contribution < 1.29 is 34.1 Å². The van der Waals surface area contributed by atoms with Gasteiger partial charge in [-0.1, -0.05) is 65.3 Å². The molecule has 53 heavy (non-hydrogen) atoms. The van der Waals surface area contributed by atoms with Crippen LogP contribution in [0.5, 0.6) is 0 Å². The first-order valence-corrected chi connectivity index (χ1v) is 20.5. The average molecular weight is 732 g/mol. The minimum atomic E-state index is -1.17. The summed E-state index contributed by atoms with van der Waals surface area (Å²) in [6.45, 7) is 17.8. The molecule has 5 aliphatic rings. The third-order valence-corrected chi connectivity index (χ3v) is 15.7. The van der Waals surface area contributed by atoms with E-state index < -0.39 is 17.4 Å². The van der Waals surface area contributed by atoms with E-state index in [9.17, 15) is 29.4 Å². The molecule has 0 bridgehead atoms. The van der Waals surface area contributed by atoms with Crippen molar-refractivity contribution in [1.29, 1.82) is 0 Å². The van der Waals surface area contributed by atoms with Gasteiger partial charge in [0.05, 0.1) is 18.4 Å². The number of carbonyl (C=O) groups is 4. The van der Waals surface area contributed by atoms with E-state index >= 15 is 0 Å². The van der Waals surface area contributed by atoms with Gasteiger partial charge in [-0.3, -0.25) is 19.2 Å². The Morgan fingerprint density at radius 1 is 0.906 bits per heavy atom. The number of amides is 1. The van der Waals surface area contributed by atoms with Crippen LogP contribution in [0.25, 0.3) is 0 Å². The number of ether oxygens (including phenoxy) is 1. The van der Waals surface area contributed by atoms with E-state index in [1.54, 1.807) is 18.7 Å². The molecule has 4 saturated carbocycles. The zero-order chi connectivity index (χ0) is 38.7. The van der Waals surface area contributed by atoms with E-state index in [0.717, 1.165) is 63.4 Å². The predicted octanol–water partition coefficient (Wildman–Crippen LogP) is 8.51. The molecular weight excluding hydrogens is 666 g/mol. The highest BCUT2D eigenvalue weighted by atomic mass is 16.5. The van der Waals surface area contributed by atoms with Gasteiger partial charge in [0, 0.05) is 35.9 Å². The molecule has 0 saturated heterocycles. The Morgan fingerprint density at radius 3 is 2.23 bits per heavy atom. The molecule has 0 aliphatic heterocycles. The topological polar surface area (TPSA) is 121 Å².